The standard InChI is InChI=1S/C20H28N4O5/c1-12(21)17(25)22-13(2)19(27)24-10-6-9-16(24)18(26)23-15(20(28)29)11-14-7-4-3-5-8-14/h3-5,7-8,12-13,15-16H,6,9-11,21H2,1-2H3,(H,22,25)(H,23,26)(H,28,29)/t12-,13-,15-,16-/m1/s1. The van der Waals surface area contributed by atoms with E-state index in [4.69, 9.17) is 5.73 Å². The Morgan fingerprint density at radius 2 is 1.83 bits per heavy atom. The Labute approximate surface area is 169 Å². The number of nitrogens with two attached hydrogens (primary N) is 1. The smallest absolute Gasteiger partial charge is 0.326 e. The zero-order valence-electron chi connectivity index (χ0n) is 16.6. The van der Waals surface area contributed by atoms with E-state index in [1.54, 1.807) is 24.3 Å². The molecule has 1 aliphatic heterocycles. The Balaban J connectivity index is 2.03. The fraction of sp³-hybridized carbons (Fsp3) is 0.500. The first-order valence-corrected chi connectivity index (χ1v) is 9.64. The van der Waals surface area contributed by atoms with Gasteiger partial charge in [0.2, 0.25) is 17.7 Å². The van der Waals surface area contributed by atoms with Gasteiger partial charge in [0.05, 0.1) is 6.04 Å². The molecule has 1 saturated heterocycles. The van der Waals surface area contributed by atoms with Crippen LogP contribution in [0.1, 0.15) is 32.3 Å². The number of amides is 3. The number of hydrogen-bond donors (Lipinski definition) is 4. The monoisotopic (exact) mass is 404 g/mol. The second kappa shape index (κ2) is 10.0. The molecular weight excluding hydrogens is 376 g/mol. The summed E-state index contributed by atoms with van der Waals surface area (Å²) in [5.74, 6) is -2.51. The van der Waals surface area contributed by atoms with Crippen molar-refractivity contribution in [1.82, 2.24) is 15.5 Å². The predicted octanol–water partition coefficient (Wildman–Crippen LogP) is -0.359. The van der Waals surface area contributed by atoms with Crippen molar-refractivity contribution in [1.29, 1.82) is 0 Å². The highest BCUT2D eigenvalue weighted by Gasteiger charge is 2.37. The zero-order chi connectivity index (χ0) is 21.6. The summed E-state index contributed by atoms with van der Waals surface area (Å²) in [6.45, 7) is 3.41. The average Bonchev–Trinajstić information content (AvgIpc) is 3.17. The van der Waals surface area contributed by atoms with Crippen molar-refractivity contribution < 1.29 is 24.3 Å². The van der Waals surface area contributed by atoms with Crippen molar-refractivity contribution in [2.24, 2.45) is 5.73 Å². The van der Waals surface area contributed by atoms with Crippen LogP contribution < -0.4 is 16.4 Å². The molecule has 5 N–H and O–H groups in total. The van der Waals surface area contributed by atoms with Crippen LogP contribution in [0.2, 0.25) is 0 Å². The third-order valence-electron chi connectivity index (χ3n) is 4.88. The largest absolute Gasteiger partial charge is 0.480 e. The molecular formula is C20H28N4O5. The minimum atomic E-state index is -1.14. The van der Waals surface area contributed by atoms with Gasteiger partial charge in [-0.25, -0.2) is 4.79 Å². The van der Waals surface area contributed by atoms with Crippen LogP contribution in [0.25, 0.3) is 0 Å². The van der Waals surface area contributed by atoms with Gasteiger partial charge in [-0.1, -0.05) is 30.3 Å². The summed E-state index contributed by atoms with van der Waals surface area (Å²) in [4.78, 5) is 50.2. The second-order valence-corrected chi connectivity index (χ2v) is 7.30. The van der Waals surface area contributed by atoms with Gasteiger partial charge in [-0.05, 0) is 32.3 Å². The minimum Gasteiger partial charge on any atom is -0.480 e. The van der Waals surface area contributed by atoms with E-state index in [1.165, 1.54) is 18.7 Å². The van der Waals surface area contributed by atoms with Crippen molar-refractivity contribution in [3.63, 3.8) is 0 Å². The van der Waals surface area contributed by atoms with Crippen molar-refractivity contribution in [3.05, 3.63) is 35.9 Å². The van der Waals surface area contributed by atoms with E-state index in [2.05, 4.69) is 10.6 Å². The lowest BCUT2D eigenvalue weighted by Gasteiger charge is -2.28. The maximum absolute atomic E-state index is 12.7. The molecule has 0 aliphatic carbocycles. The van der Waals surface area contributed by atoms with E-state index in [0.717, 1.165) is 5.56 Å². The van der Waals surface area contributed by atoms with Crippen molar-refractivity contribution >= 4 is 23.7 Å². The maximum atomic E-state index is 12.7. The van der Waals surface area contributed by atoms with Gasteiger partial charge < -0.3 is 26.4 Å². The van der Waals surface area contributed by atoms with Crippen LogP contribution >= 0.6 is 0 Å². The number of carboxylic acids is 1. The molecule has 1 heterocycles. The quantitative estimate of drug-likeness (QED) is 0.466. The van der Waals surface area contributed by atoms with Crippen LogP contribution in [0.4, 0.5) is 0 Å². The van der Waals surface area contributed by atoms with Crippen molar-refractivity contribution in [2.45, 2.75) is 57.3 Å². The summed E-state index contributed by atoms with van der Waals surface area (Å²) in [5.41, 5.74) is 6.29. The van der Waals surface area contributed by atoms with Gasteiger partial charge >= 0.3 is 5.97 Å². The number of aliphatic carboxylic acids is 1. The van der Waals surface area contributed by atoms with Crippen LogP contribution in [0.3, 0.4) is 0 Å². The molecule has 0 spiro atoms. The molecule has 0 bridgehead atoms. The predicted molar refractivity (Wildman–Crippen MR) is 106 cm³/mol. The first-order valence-electron chi connectivity index (χ1n) is 9.64. The molecule has 9 heteroatoms. The molecule has 1 aromatic carbocycles. The summed E-state index contributed by atoms with van der Waals surface area (Å²) in [7, 11) is 0. The van der Waals surface area contributed by atoms with E-state index < -0.39 is 47.9 Å². The lowest BCUT2D eigenvalue weighted by molar-refractivity contribution is -0.144. The molecule has 4 atom stereocenters. The fourth-order valence-electron chi connectivity index (χ4n) is 3.28. The molecule has 1 aliphatic rings. The van der Waals surface area contributed by atoms with Gasteiger partial charge in [-0.15, -0.1) is 0 Å². The summed E-state index contributed by atoms with van der Waals surface area (Å²) in [6.07, 6.45) is 1.20. The van der Waals surface area contributed by atoms with E-state index in [0.29, 0.717) is 19.4 Å². The summed E-state index contributed by atoms with van der Waals surface area (Å²) in [6, 6.07) is 5.54. The van der Waals surface area contributed by atoms with E-state index in [9.17, 15) is 24.3 Å². The van der Waals surface area contributed by atoms with E-state index in [-0.39, 0.29) is 6.42 Å². The number of carbonyl (C=O) groups excluding carboxylic acids is 3. The first kappa shape index (κ1) is 22.4. The number of hydrogen-bond acceptors (Lipinski definition) is 5. The van der Waals surface area contributed by atoms with Gasteiger partial charge in [0.25, 0.3) is 0 Å². The number of rotatable bonds is 8. The minimum absolute atomic E-state index is 0.142. The average molecular weight is 404 g/mol. The summed E-state index contributed by atoms with van der Waals surface area (Å²) in [5, 5.41) is 14.6. The molecule has 0 saturated carbocycles. The number of likely N-dealkylation sites (tertiary alicyclic amines) is 1. The first-order chi connectivity index (χ1) is 13.7. The van der Waals surface area contributed by atoms with Gasteiger partial charge in [-0.2, -0.15) is 0 Å². The number of carboxylic acid groups (broad SMARTS) is 1. The SMILES string of the molecule is C[C@@H](N)C(=O)N[C@H](C)C(=O)N1CCC[C@@H]1C(=O)N[C@H](Cc1ccccc1)C(=O)O. The lowest BCUT2D eigenvalue weighted by atomic mass is 10.1. The molecule has 9 nitrogen and oxygen atoms in total. The highest BCUT2D eigenvalue weighted by atomic mass is 16.4. The molecule has 0 unspecified atom stereocenters. The Morgan fingerprint density at radius 1 is 1.17 bits per heavy atom. The summed E-state index contributed by atoms with van der Waals surface area (Å²) < 4.78 is 0. The molecule has 0 radical (unpaired) electrons. The van der Waals surface area contributed by atoms with Crippen LogP contribution in [0, 0.1) is 0 Å². The zero-order valence-corrected chi connectivity index (χ0v) is 16.6. The van der Waals surface area contributed by atoms with E-state index in [1.807, 2.05) is 6.07 Å². The number of nitrogens with zero attached hydrogens (tertiary/aromatic N) is 1. The number of nitrogens with one attached hydrogen (secondary N) is 2. The Morgan fingerprint density at radius 3 is 2.41 bits per heavy atom. The number of carbonyl (C=O) groups is 4. The highest BCUT2D eigenvalue weighted by Crippen LogP contribution is 2.19. The molecule has 158 valence electrons. The number of benzene rings is 1. The van der Waals surface area contributed by atoms with Crippen LogP contribution in [-0.4, -0.2) is 64.4 Å². The van der Waals surface area contributed by atoms with Gasteiger partial charge in [-0.3, -0.25) is 14.4 Å². The van der Waals surface area contributed by atoms with Gasteiger partial charge in [0, 0.05) is 13.0 Å². The molecule has 29 heavy (non-hydrogen) atoms. The molecule has 3 amide bonds. The third-order valence-corrected chi connectivity index (χ3v) is 4.88. The van der Waals surface area contributed by atoms with Gasteiger partial charge in [0.15, 0.2) is 0 Å². The van der Waals surface area contributed by atoms with Crippen molar-refractivity contribution in [2.75, 3.05) is 6.54 Å². The van der Waals surface area contributed by atoms with Crippen LogP contribution in [0.5, 0.6) is 0 Å². The van der Waals surface area contributed by atoms with Crippen LogP contribution in [0.15, 0.2) is 30.3 Å². The maximum Gasteiger partial charge on any atom is 0.326 e. The Bertz CT molecular complexity index is 752. The van der Waals surface area contributed by atoms with E-state index >= 15 is 0 Å². The Kier molecular flexibility index (Phi) is 7.72. The molecule has 0 aromatic heterocycles. The fourth-order valence-corrected chi connectivity index (χ4v) is 3.28. The highest BCUT2D eigenvalue weighted by molar-refractivity contribution is 5.94. The van der Waals surface area contributed by atoms with Gasteiger partial charge in [0.1, 0.15) is 18.1 Å². The van der Waals surface area contributed by atoms with Crippen LogP contribution in [-0.2, 0) is 25.6 Å². The van der Waals surface area contributed by atoms with Crippen molar-refractivity contribution in [3.8, 4) is 0 Å². The second-order valence-electron chi connectivity index (χ2n) is 7.30. The lowest BCUT2D eigenvalue weighted by Crippen LogP contribution is -2.56. The molecule has 1 aromatic rings. The topological polar surface area (TPSA) is 142 Å². The Hall–Kier alpha value is -2.94. The summed E-state index contributed by atoms with van der Waals surface area (Å²) >= 11 is 0. The third kappa shape index (κ3) is 6.02. The normalized spacial score (nSPS) is 19.1. The molecule has 1 fully saturated rings. The molecule has 2 rings (SSSR count).